The number of amides is 1. The molecular formula is C24H31FN4O4S. The highest BCUT2D eigenvalue weighted by molar-refractivity contribution is 7.89. The van der Waals surface area contributed by atoms with Gasteiger partial charge in [-0.3, -0.25) is 4.79 Å². The quantitative estimate of drug-likeness (QED) is 0.620. The van der Waals surface area contributed by atoms with Gasteiger partial charge in [0.2, 0.25) is 15.9 Å². The number of carbonyl (C=O) groups is 1. The lowest BCUT2D eigenvalue weighted by molar-refractivity contribution is -0.114. The number of sulfonamides is 1. The first kappa shape index (κ1) is 24.4. The minimum absolute atomic E-state index is 0.0972. The molecule has 0 aromatic heterocycles. The summed E-state index contributed by atoms with van der Waals surface area (Å²) in [5.41, 5.74) is 2.24. The molecule has 0 bridgehead atoms. The summed E-state index contributed by atoms with van der Waals surface area (Å²) in [5.74, 6) is -0.753. The fraction of sp³-hybridized carbons (Fsp3) is 0.458. The van der Waals surface area contributed by atoms with Gasteiger partial charge in [-0.1, -0.05) is 12.5 Å². The first-order chi connectivity index (χ1) is 16.3. The summed E-state index contributed by atoms with van der Waals surface area (Å²) < 4.78 is 47.2. The van der Waals surface area contributed by atoms with Crippen molar-refractivity contribution in [2.24, 2.45) is 0 Å². The van der Waals surface area contributed by atoms with Crippen LogP contribution in [0.25, 0.3) is 0 Å². The summed E-state index contributed by atoms with van der Waals surface area (Å²) in [6.07, 6.45) is 2.75. The molecule has 2 aliphatic rings. The smallest absolute Gasteiger partial charge is 0.243 e. The van der Waals surface area contributed by atoms with E-state index in [9.17, 15) is 17.6 Å². The highest BCUT2D eigenvalue weighted by atomic mass is 32.2. The van der Waals surface area contributed by atoms with Crippen LogP contribution in [0.15, 0.2) is 41.3 Å². The molecule has 2 fully saturated rings. The SMILES string of the molecule is Cc1ccc(NC(=O)CNc2cc(S(=O)(=O)N3CCCCC3)ccc2N2CCOCC2)cc1F. The summed E-state index contributed by atoms with van der Waals surface area (Å²) in [7, 11) is -3.62. The fourth-order valence-corrected chi connectivity index (χ4v) is 5.75. The van der Waals surface area contributed by atoms with Gasteiger partial charge in [-0.15, -0.1) is 0 Å². The summed E-state index contributed by atoms with van der Waals surface area (Å²) in [6, 6.07) is 9.55. The van der Waals surface area contributed by atoms with Gasteiger partial charge in [0, 0.05) is 31.9 Å². The van der Waals surface area contributed by atoms with Crippen molar-refractivity contribution in [3.63, 3.8) is 0 Å². The fourth-order valence-electron chi connectivity index (χ4n) is 4.20. The molecule has 0 aliphatic carbocycles. The van der Waals surface area contributed by atoms with Crippen LogP contribution in [0.2, 0.25) is 0 Å². The molecule has 2 aromatic rings. The summed E-state index contributed by atoms with van der Waals surface area (Å²) >= 11 is 0. The Kier molecular flexibility index (Phi) is 7.70. The van der Waals surface area contributed by atoms with Crippen LogP contribution in [0, 0.1) is 12.7 Å². The number of nitrogens with zero attached hydrogens (tertiary/aromatic N) is 2. The number of hydrogen-bond donors (Lipinski definition) is 2. The lowest BCUT2D eigenvalue weighted by Crippen LogP contribution is -2.37. The highest BCUT2D eigenvalue weighted by Crippen LogP contribution is 2.31. The second kappa shape index (κ2) is 10.7. The maximum Gasteiger partial charge on any atom is 0.243 e. The lowest BCUT2D eigenvalue weighted by atomic mass is 10.2. The van der Waals surface area contributed by atoms with Crippen LogP contribution in [-0.2, 0) is 19.6 Å². The van der Waals surface area contributed by atoms with E-state index in [1.165, 1.54) is 10.4 Å². The van der Waals surface area contributed by atoms with Gasteiger partial charge in [0.25, 0.3) is 0 Å². The van der Waals surface area contributed by atoms with Gasteiger partial charge < -0.3 is 20.3 Å². The molecule has 0 unspecified atom stereocenters. The maximum absolute atomic E-state index is 13.8. The summed E-state index contributed by atoms with van der Waals surface area (Å²) in [4.78, 5) is 14.9. The van der Waals surface area contributed by atoms with Crippen LogP contribution >= 0.6 is 0 Å². The van der Waals surface area contributed by atoms with E-state index in [1.54, 1.807) is 37.3 Å². The molecule has 2 aliphatic heterocycles. The molecule has 0 radical (unpaired) electrons. The number of anilines is 3. The van der Waals surface area contributed by atoms with Crippen molar-refractivity contribution in [3.05, 3.63) is 47.8 Å². The Morgan fingerprint density at radius 1 is 1.03 bits per heavy atom. The lowest BCUT2D eigenvalue weighted by Gasteiger charge is -2.31. The van der Waals surface area contributed by atoms with Crippen molar-refractivity contribution < 1.29 is 22.3 Å². The minimum atomic E-state index is -3.62. The molecule has 2 saturated heterocycles. The van der Waals surface area contributed by atoms with E-state index >= 15 is 0 Å². The standard InChI is InChI=1S/C24H31FN4O4S/c1-18-5-6-19(15-21(18)25)27-24(30)17-26-22-16-20(34(31,32)29-9-3-2-4-10-29)7-8-23(22)28-11-13-33-14-12-28/h5-8,15-16,26H,2-4,9-14,17H2,1H3,(H,27,30). The topological polar surface area (TPSA) is 91.0 Å². The number of piperidine rings is 1. The van der Waals surface area contributed by atoms with Crippen LogP contribution in [0.3, 0.4) is 0 Å². The molecule has 0 spiro atoms. The molecule has 8 nitrogen and oxygen atoms in total. The van der Waals surface area contributed by atoms with Gasteiger partial charge in [0.1, 0.15) is 5.82 Å². The number of hydrogen-bond acceptors (Lipinski definition) is 6. The molecule has 2 heterocycles. The van der Waals surface area contributed by atoms with Crippen molar-refractivity contribution in [1.82, 2.24) is 4.31 Å². The Hall–Kier alpha value is -2.69. The van der Waals surface area contributed by atoms with Crippen molar-refractivity contribution >= 4 is 33.0 Å². The second-order valence-corrected chi connectivity index (χ2v) is 10.5. The van der Waals surface area contributed by atoms with Crippen molar-refractivity contribution in [2.75, 3.05) is 61.5 Å². The molecule has 2 N–H and O–H groups in total. The van der Waals surface area contributed by atoms with E-state index in [0.29, 0.717) is 56.3 Å². The van der Waals surface area contributed by atoms with Gasteiger partial charge in [-0.05, 0) is 55.7 Å². The Labute approximate surface area is 200 Å². The Balaban J connectivity index is 1.54. The van der Waals surface area contributed by atoms with E-state index in [-0.39, 0.29) is 17.3 Å². The molecule has 0 atom stereocenters. The van der Waals surface area contributed by atoms with Gasteiger partial charge >= 0.3 is 0 Å². The third-order valence-corrected chi connectivity index (χ3v) is 8.06. The van der Waals surface area contributed by atoms with Gasteiger partial charge in [0.15, 0.2) is 0 Å². The van der Waals surface area contributed by atoms with Gasteiger partial charge in [0.05, 0.1) is 36.0 Å². The normalized spacial score (nSPS) is 17.4. The zero-order valence-electron chi connectivity index (χ0n) is 19.3. The highest BCUT2D eigenvalue weighted by Gasteiger charge is 2.27. The number of benzene rings is 2. The Morgan fingerprint density at radius 3 is 2.47 bits per heavy atom. The van der Waals surface area contributed by atoms with Crippen molar-refractivity contribution in [3.8, 4) is 0 Å². The van der Waals surface area contributed by atoms with Crippen LogP contribution in [-0.4, -0.2) is 64.6 Å². The van der Waals surface area contributed by atoms with Crippen LogP contribution in [0.1, 0.15) is 24.8 Å². The Morgan fingerprint density at radius 2 is 1.76 bits per heavy atom. The number of carbonyl (C=O) groups excluding carboxylic acids is 1. The molecular weight excluding hydrogens is 459 g/mol. The number of nitrogens with one attached hydrogen (secondary N) is 2. The first-order valence-electron chi connectivity index (χ1n) is 11.6. The number of halogens is 1. The van der Waals surface area contributed by atoms with Crippen LogP contribution in [0.4, 0.5) is 21.5 Å². The number of ether oxygens (including phenoxy) is 1. The van der Waals surface area contributed by atoms with E-state index < -0.39 is 15.8 Å². The van der Waals surface area contributed by atoms with E-state index in [2.05, 4.69) is 15.5 Å². The molecule has 2 aromatic carbocycles. The zero-order chi connectivity index (χ0) is 24.1. The van der Waals surface area contributed by atoms with E-state index in [1.807, 2.05) is 0 Å². The predicted molar refractivity (Wildman–Crippen MR) is 130 cm³/mol. The average molecular weight is 491 g/mol. The Bertz CT molecular complexity index is 1130. The second-order valence-electron chi connectivity index (χ2n) is 8.61. The van der Waals surface area contributed by atoms with E-state index in [4.69, 9.17) is 4.74 Å². The zero-order valence-corrected chi connectivity index (χ0v) is 20.2. The third-order valence-electron chi connectivity index (χ3n) is 6.17. The predicted octanol–water partition coefficient (Wildman–Crippen LogP) is 3.20. The number of morpholine rings is 1. The molecule has 0 saturated carbocycles. The monoisotopic (exact) mass is 490 g/mol. The molecule has 10 heteroatoms. The third kappa shape index (κ3) is 5.68. The summed E-state index contributed by atoms with van der Waals surface area (Å²) in [5, 5.41) is 5.78. The largest absolute Gasteiger partial charge is 0.378 e. The van der Waals surface area contributed by atoms with E-state index in [0.717, 1.165) is 24.9 Å². The van der Waals surface area contributed by atoms with Crippen LogP contribution < -0.4 is 15.5 Å². The summed E-state index contributed by atoms with van der Waals surface area (Å²) in [6.45, 7) is 5.08. The number of rotatable bonds is 7. The average Bonchev–Trinajstić information content (AvgIpc) is 2.86. The van der Waals surface area contributed by atoms with Crippen molar-refractivity contribution in [1.29, 1.82) is 0 Å². The molecule has 1 amide bonds. The first-order valence-corrected chi connectivity index (χ1v) is 13.1. The maximum atomic E-state index is 13.8. The minimum Gasteiger partial charge on any atom is -0.378 e. The molecule has 184 valence electrons. The molecule has 4 rings (SSSR count). The van der Waals surface area contributed by atoms with Gasteiger partial charge in [-0.25, -0.2) is 12.8 Å². The number of aryl methyl sites for hydroxylation is 1. The van der Waals surface area contributed by atoms with Gasteiger partial charge in [-0.2, -0.15) is 4.31 Å². The van der Waals surface area contributed by atoms with Crippen molar-refractivity contribution in [2.45, 2.75) is 31.1 Å². The van der Waals surface area contributed by atoms with Crippen LogP contribution in [0.5, 0.6) is 0 Å². The molecule has 34 heavy (non-hydrogen) atoms.